The van der Waals surface area contributed by atoms with Crippen molar-refractivity contribution in [1.82, 2.24) is 0 Å². The van der Waals surface area contributed by atoms with Gasteiger partial charge in [-0.1, -0.05) is 57.7 Å². The van der Waals surface area contributed by atoms with Crippen LogP contribution in [0, 0.1) is 35.3 Å². The number of allylic oxidation sites excluding steroid dienone is 4. The van der Waals surface area contributed by atoms with E-state index in [4.69, 9.17) is 0 Å². The van der Waals surface area contributed by atoms with Crippen LogP contribution in [0.15, 0.2) is 35.4 Å². The van der Waals surface area contributed by atoms with Gasteiger partial charge >= 0.3 is 0 Å². The molecule has 0 nitrogen and oxygen atoms in total. The van der Waals surface area contributed by atoms with Gasteiger partial charge < -0.3 is 0 Å². The number of halogens is 4. The highest BCUT2D eigenvalue weighted by Crippen LogP contribution is 2.44. The van der Waals surface area contributed by atoms with Crippen LogP contribution in [-0.4, -0.2) is 0 Å². The molecular formula is C33H46F4. The molecule has 0 spiro atoms. The van der Waals surface area contributed by atoms with Crippen LogP contribution in [-0.2, 0) is 6.42 Å². The molecular weight excluding hydrogens is 472 g/mol. The quantitative estimate of drug-likeness (QED) is 0.270. The summed E-state index contributed by atoms with van der Waals surface area (Å²) in [4.78, 5) is 0. The lowest BCUT2D eigenvalue weighted by Crippen LogP contribution is -2.20. The molecule has 0 saturated heterocycles. The van der Waals surface area contributed by atoms with Crippen molar-refractivity contribution >= 4 is 0 Å². The van der Waals surface area contributed by atoms with Crippen molar-refractivity contribution in [3.05, 3.63) is 58.2 Å². The van der Waals surface area contributed by atoms with Gasteiger partial charge in [0.1, 0.15) is 5.83 Å². The molecule has 3 aliphatic rings. The minimum absolute atomic E-state index is 0.0787. The van der Waals surface area contributed by atoms with Crippen LogP contribution in [0.3, 0.4) is 0 Å². The number of benzene rings is 1. The number of rotatable bonds is 10. The molecule has 0 N–H and O–H groups in total. The molecule has 1 aromatic carbocycles. The molecule has 206 valence electrons. The van der Waals surface area contributed by atoms with Crippen molar-refractivity contribution in [1.29, 1.82) is 0 Å². The fourth-order valence-electron chi connectivity index (χ4n) is 7.23. The van der Waals surface area contributed by atoms with Crippen molar-refractivity contribution in [2.24, 2.45) is 23.7 Å². The first-order valence-corrected chi connectivity index (χ1v) is 15.1. The largest absolute Gasteiger partial charge is 0.208 e. The monoisotopic (exact) mass is 518 g/mol. The van der Waals surface area contributed by atoms with E-state index in [1.54, 1.807) is 0 Å². The molecule has 2 fully saturated rings. The summed E-state index contributed by atoms with van der Waals surface area (Å²) in [5, 5.41) is 0. The van der Waals surface area contributed by atoms with E-state index in [0.717, 1.165) is 76.5 Å². The van der Waals surface area contributed by atoms with Crippen LogP contribution < -0.4 is 0 Å². The highest BCUT2D eigenvalue weighted by atomic mass is 19.2. The van der Waals surface area contributed by atoms with Crippen molar-refractivity contribution in [3.63, 3.8) is 0 Å². The third-order valence-corrected chi connectivity index (χ3v) is 9.63. The summed E-state index contributed by atoms with van der Waals surface area (Å²) in [6.45, 7) is 4.28. The van der Waals surface area contributed by atoms with Gasteiger partial charge in [-0.3, -0.25) is 0 Å². The normalized spacial score (nSPS) is 28.9. The van der Waals surface area contributed by atoms with Gasteiger partial charge in [0.15, 0.2) is 17.5 Å². The van der Waals surface area contributed by atoms with Gasteiger partial charge in [0.05, 0.1) is 0 Å². The highest BCUT2D eigenvalue weighted by Gasteiger charge is 2.32. The second-order valence-electron chi connectivity index (χ2n) is 12.1. The van der Waals surface area contributed by atoms with Crippen LogP contribution in [0.5, 0.6) is 0 Å². The lowest BCUT2D eigenvalue weighted by atomic mass is 9.74. The Morgan fingerprint density at radius 3 is 2.00 bits per heavy atom. The maximum absolute atomic E-state index is 15.0. The third-order valence-electron chi connectivity index (χ3n) is 9.63. The van der Waals surface area contributed by atoms with E-state index >= 15 is 4.39 Å². The number of hydrogen-bond acceptors (Lipinski definition) is 0. The Balaban J connectivity index is 1.27. The smallest absolute Gasteiger partial charge is 0.162 e. The van der Waals surface area contributed by atoms with Crippen molar-refractivity contribution in [2.75, 3.05) is 0 Å². The summed E-state index contributed by atoms with van der Waals surface area (Å²) in [7, 11) is 0. The van der Waals surface area contributed by atoms with E-state index in [9.17, 15) is 13.2 Å². The summed E-state index contributed by atoms with van der Waals surface area (Å²) in [5.74, 6) is -1.34. The first-order valence-electron chi connectivity index (χ1n) is 15.1. The fourth-order valence-corrected chi connectivity index (χ4v) is 7.23. The summed E-state index contributed by atoms with van der Waals surface area (Å²) in [6, 6.07) is 3.64. The summed E-state index contributed by atoms with van der Waals surface area (Å²) >= 11 is 0. The van der Waals surface area contributed by atoms with Gasteiger partial charge in [-0.05, 0) is 117 Å². The Bertz CT molecular complexity index is 945. The summed E-state index contributed by atoms with van der Waals surface area (Å²) in [5.41, 5.74) is 1.63. The molecule has 0 heterocycles. The minimum atomic E-state index is -0.658. The average molecular weight is 519 g/mol. The molecule has 0 amide bonds. The molecule has 4 rings (SSSR count). The maximum atomic E-state index is 15.0. The van der Waals surface area contributed by atoms with E-state index in [0.29, 0.717) is 41.9 Å². The molecule has 0 radical (unpaired) electrons. The van der Waals surface area contributed by atoms with E-state index in [1.807, 2.05) is 18.2 Å². The number of unbranched alkanes of at least 4 members (excludes halogenated alkanes) is 1. The second kappa shape index (κ2) is 13.5. The Morgan fingerprint density at radius 1 is 0.703 bits per heavy atom. The van der Waals surface area contributed by atoms with Crippen molar-refractivity contribution < 1.29 is 17.6 Å². The molecule has 37 heavy (non-hydrogen) atoms. The Hall–Kier alpha value is -1.58. The lowest BCUT2D eigenvalue weighted by molar-refractivity contribution is 0.278. The van der Waals surface area contributed by atoms with Crippen LogP contribution in [0.1, 0.15) is 127 Å². The predicted octanol–water partition coefficient (Wildman–Crippen LogP) is 11.1. The molecule has 3 aliphatic carbocycles. The van der Waals surface area contributed by atoms with E-state index < -0.39 is 23.3 Å². The first kappa shape index (κ1) is 28.4. The third kappa shape index (κ3) is 6.90. The molecule has 2 saturated carbocycles. The van der Waals surface area contributed by atoms with Gasteiger partial charge in [-0.15, -0.1) is 0 Å². The van der Waals surface area contributed by atoms with Gasteiger partial charge in [0, 0.05) is 5.92 Å². The fraction of sp³-hybridized carbons (Fsp3) is 0.697. The molecule has 1 atom stereocenters. The lowest BCUT2D eigenvalue weighted by Gasteiger charge is -2.32. The zero-order valence-electron chi connectivity index (χ0n) is 22.9. The Kier molecular flexibility index (Phi) is 10.4. The van der Waals surface area contributed by atoms with Crippen LogP contribution in [0.2, 0.25) is 0 Å². The van der Waals surface area contributed by atoms with Gasteiger partial charge in [0.25, 0.3) is 0 Å². The zero-order valence-corrected chi connectivity index (χ0v) is 22.9. The van der Waals surface area contributed by atoms with Crippen LogP contribution in [0.25, 0.3) is 0 Å². The Labute approximate surface area is 222 Å². The minimum Gasteiger partial charge on any atom is -0.208 e. The topological polar surface area (TPSA) is 0 Å². The second-order valence-corrected chi connectivity index (χ2v) is 12.1. The van der Waals surface area contributed by atoms with E-state index in [-0.39, 0.29) is 17.8 Å². The molecule has 0 aromatic heterocycles. The van der Waals surface area contributed by atoms with Gasteiger partial charge in [-0.2, -0.15) is 0 Å². The zero-order chi connectivity index (χ0) is 26.4. The van der Waals surface area contributed by atoms with Crippen LogP contribution >= 0.6 is 0 Å². The average Bonchev–Trinajstić information content (AvgIpc) is 2.92. The predicted molar refractivity (Wildman–Crippen MR) is 145 cm³/mol. The Morgan fingerprint density at radius 2 is 1.35 bits per heavy atom. The van der Waals surface area contributed by atoms with E-state index in [2.05, 4.69) is 13.8 Å². The number of hydrogen-bond donors (Lipinski definition) is 0. The SMILES string of the molecule is CCCCC1CC=C(C2CCC(CCc3ccc(C4CCC(CCC)CC4)c(F)c3F)CC2)C(F)=C1F. The maximum Gasteiger partial charge on any atom is 0.162 e. The molecule has 0 aliphatic heterocycles. The summed E-state index contributed by atoms with van der Waals surface area (Å²) < 4.78 is 59.5. The highest BCUT2D eigenvalue weighted by molar-refractivity contribution is 5.35. The standard InChI is InChI=1S/C33H46F4/c1-3-5-7-26-18-20-28(32(36)30(26)34)25-15-10-23(11-16-25)12-17-27-19-21-29(33(37)31(27)35)24-13-8-22(6-4-2)9-14-24/h19-26H,3-18H2,1-2H3. The van der Waals surface area contributed by atoms with Crippen LogP contribution in [0.4, 0.5) is 17.6 Å². The van der Waals surface area contributed by atoms with Gasteiger partial charge in [0.2, 0.25) is 0 Å². The molecule has 4 heteroatoms. The van der Waals surface area contributed by atoms with Gasteiger partial charge in [-0.25, -0.2) is 17.6 Å². The summed E-state index contributed by atoms with van der Waals surface area (Å²) in [6.07, 6.45) is 16.7. The van der Waals surface area contributed by atoms with E-state index in [1.165, 1.54) is 12.8 Å². The number of aryl methyl sites for hydroxylation is 1. The molecule has 1 aromatic rings. The molecule has 1 unspecified atom stereocenters. The first-order chi connectivity index (χ1) is 17.9. The van der Waals surface area contributed by atoms with Crippen molar-refractivity contribution in [3.8, 4) is 0 Å². The van der Waals surface area contributed by atoms with Crippen molar-refractivity contribution in [2.45, 2.75) is 122 Å². The molecule has 0 bridgehead atoms.